The summed E-state index contributed by atoms with van der Waals surface area (Å²) in [4.78, 5) is 25.0. The molecule has 4 aromatic rings. The number of aliphatic hydroxyl groups is 1. The van der Waals surface area contributed by atoms with Crippen LogP contribution in [0.2, 0.25) is 0 Å². The van der Waals surface area contributed by atoms with E-state index in [4.69, 9.17) is 14.8 Å². The first-order valence-corrected chi connectivity index (χ1v) is 11.2. The van der Waals surface area contributed by atoms with Crippen molar-refractivity contribution in [2.75, 3.05) is 25.6 Å². The van der Waals surface area contributed by atoms with Crippen molar-refractivity contribution in [2.45, 2.75) is 37.8 Å². The Bertz CT molecular complexity index is 1270. The van der Waals surface area contributed by atoms with E-state index in [1.165, 1.54) is 6.42 Å². The highest BCUT2D eigenvalue weighted by molar-refractivity contribution is 6.01. The van der Waals surface area contributed by atoms with Crippen LogP contribution in [0.15, 0.2) is 36.8 Å². The number of aromatic amines is 1. The summed E-state index contributed by atoms with van der Waals surface area (Å²) < 4.78 is 6.47. The minimum Gasteiger partial charge on any atom is -0.391 e. The van der Waals surface area contributed by atoms with Crippen LogP contribution in [0.3, 0.4) is 0 Å². The zero-order chi connectivity index (χ0) is 22.8. The second-order valence-corrected chi connectivity index (χ2v) is 8.29. The van der Waals surface area contributed by atoms with Crippen LogP contribution in [0.25, 0.3) is 27.9 Å². The number of H-pyrrole nitrogens is 1. The molecule has 0 radical (unpaired) electrons. The van der Waals surface area contributed by atoms with E-state index in [9.17, 15) is 4.79 Å². The number of aromatic nitrogens is 5. The number of aliphatic hydroxyl groups excluding tert-OH is 1. The number of anilines is 1. The third kappa shape index (κ3) is 4.27. The van der Waals surface area contributed by atoms with Crippen molar-refractivity contribution in [3.05, 3.63) is 42.4 Å². The SMILES string of the molecule is CNc1cc(-c2c[nH]c3ncccc23)nc2c(C(=O)NC3CCC3)cnn12.OC1CCOC1. The number of fused-ring (bicyclic) bond motifs is 2. The van der Waals surface area contributed by atoms with Gasteiger partial charge in [0, 0.05) is 49.1 Å². The Morgan fingerprint density at radius 3 is 2.88 bits per heavy atom. The van der Waals surface area contributed by atoms with Crippen molar-refractivity contribution in [3.8, 4) is 11.3 Å². The predicted molar refractivity (Wildman–Crippen MR) is 124 cm³/mol. The smallest absolute Gasteiger partial charge is 0.256 e. The van der Waals surface area contributed by atoms with Crippen LogP contribution in [0, 0.1) is 0 Å². The minimum absolute atomic E-state index is 0.123. The van der Waals surface area contributed by atoms with Crippen LogP contribution in [-0.2, 0) is 4.74 Å². The number of carbonyl (C=O) groups is 1. The second-order valence-electron chi connectivity index (χ2n) is 8.29. The first-order valence-electron chi connectivity index (χ1n) is 11.2. The van der Waals surface area contributed by atoms with E-state index in [0.29, 0.717) is 17.8 Å². The van der Waals surface area contributed by atoms with Crippen molar-refractivity contribution in [3.63, 3.8) is 0 Å². The first-order chi connectivity index (χ1) is 16.1. The van der Waals surface area contributed by atoms with Gasteiger partial charge in [-0.2, -0.15) is 9.61 Å². The molecule has 1 unspecified atom stereocenters. The lowest BCUT2D eigenvalue weighted by Crippen LogP contribution is -2.39. The summed E-state index contributed by atoms with van der Waals surface area (Å²) in [6.45, 7) is 1.28. The number of amides is 1. The summed E-state index contributed by atoms with van der Waals surface area (Å²) in [5.74, 6) is 0.637. The Balaban J connectivity index is 0.000000332. The topological polar surface area (TPSA) is 129 Å². The standard InChI is InChI=1S/C19H19N7O.C4H8O2/c1-20-16-8-15(13-9-22-17-12(13)6-3-7-21-17)25-18-14(10-23-26(16)18)19(27)24-11-4-2-5-11;5-4-1-2-6-3-4/h3,6-11,20H,2,4-5H2,1H3,(H,21,22)(H,24,27);4-5H,1-3H2. The van der Waals surface area contributed by atoms with Crippen LogP contribution >= 0.6 is 0 Å². The molecule has 0 aromatic carbocycles. The van der Waals surface area contributed by atoms with Crippen LogP contribution in [0.5, 0.6) is 0 Å². The van der Waals surface area contributed by atoms with Crippen LogP contribution in [-0.4, -0.2) is 68.0 Å². The molecule has 0 bridgehead atoms. The Hall–Kier alpha value is -3.50. The van der Waals surface area contributed by atoms with Crippen LogP contribution < -0.4 is 10.6 Å². The van der Waals surface area contributed by atoms with Gasteiger partial charge in [-0.1, -0.05) is 0 Å². The number of rotatable bonds is 4. The lowest BCUT2D eigenvalue weighted by Gasteiger charge is -2.26. The van der Waals surface area contributed by atoms with Gasteiger partial charge in [-0.3, -0.25) is 4.79 Å². The number of pyridine rings is 1. The van der Waals surface area contributed by atoms with Crippen molar-refractivity contribution in [1.82, 2.24) is 29.9 Å². The van der Waals surface area contributed by atoms with Crippen molar-refractivity contribution >= 4 is 28.4 Å². The maximum atomic E-state index is 12.7. The number of carbonyl (C=O) groups excluding carboxylic acids is 1. The van der Waals surface area contributed by atoms with Gasteiger partial charge in [-0.25, -0.2) is 9.97 Å². The van der Waals surface area contributed by atoms with Gasteiger partial charge in [0.15, 0.2) is 5.65 Å². The maximum Gasteiger partial charge on any atom is 0.256 e. The van der Waals surface area contributed by atoms with Gasteiger partial charge in [0.25, 0.3) is 5.91 Å². The average molecular weight is 450 g/mol. The lowest BCUT2D eigenvalue weighted by molar-refractivity contribution is 0.0918. The molecule has 6 rings (SSSR count). The van der Waals surface area contributed by atoms with Gasteiger partial charge >= 0.3 is 0 Å². The Morgan fingerprint density at radius 1 is 1.33 bits per heavy atom. The molecule has 0 spiro atoms. The fourth-order valence-corrected chi connectivity index (χ4v) is 3.94. The molecule has 1 amide bonds. The van der Waals surface area contributed by atoms with E-state index < -0.39 is 0 Å². The highest BCUT2D eigenvalue weighted by atomic mass is 16.5. The molecule has 1 atom stereocenters. The fraction of sp³-hybridized carbons (Fsp3) is 0.391. The molecule has 10 heteroatoms. The van der Waals surface area contributed by atoms with E-state index >= 15 is 0 Å². The molecule has 5 heterocycles. The summed E-state index contributed by atoms with van der Waals surface area (Å²) in [5, 5.41) is 20.1. The number of ether oxygens (including phenoxy) is 1. The molecule has 1 aliphatic carbocycles. The molecule has 1 aliphatic heterocycles. The van der Waals surface area contributed by atoms with Crippen LogP contribution in [0.4, 0.5) is 5.82 Å². The third-order valence-electron chi connectivity index (χ3n) is 6.05. The maximum absolute atomic E-state index is 12.7. The summed E-state index contributed by atoms with van der Waals surface area (Å²) in [7, 11) is 1.82. The molecule has 4 aromatic heterocycles. The normalized spacial score (nSPS) is 18.1. The molecular formula is C23H27N7O3. The zero-order valence-electron chi connectivity index (χ0n) is 18.4. The quantitative estimate of drug-likeness (QED) is 0.376. The highest BCUT2D eigenvalue weighted by Crippen LogP contribution is 2.29. The Kier molecular flexibility index (Phi) is 5.93. The Morgan fingerprint density at radius 2 is 2.21 bits per heavy atom. The van der Waals surface area contributed by atoms with E-state index in [0.717, 1.165) is 54.0 Å². The lowest BCUT2D eigenvalue weighted by atomic mass is 9.93. The summed E-state index contributed by atoms with van der Waals surface area (Å²) in [6.07, 6.45) is 9.10. The van der Waals surface area contributed by atoms with E-state index in [1.54, 1.807) is 16.9 Å². The first kappa shape index (κ1) is 21.4. The zero-order valence-corrected chi connectivity index (χ0v) is 18.4. The van der Waals surface area contributed by atoms with Gasteiger partial charge in [0.1, 0.15) is 17.0 Å². The molecule has 33 heavy (non-hydrogen) atoms. The summed E-state index contributed by atoms with van der Waals surface area (Å²) >= 11 is 0. The largest absolute Gasteiger partial charge is 0.391 e. The van der Waals surface area contributed by atoms with Gasteiger partial charge in [-0.15, -0.1) is 0 Å². The van der Waals surface area contributed by atoms with E-state index in [2.05, 4.69) is 25.7 Å². The average Bonchev–Trinajstić information content (AvgIpc) is 3.55. The molecule has 4 N–H and O–H groups in total. The highest BCUT2D eigenvalue weighted by Gasteiger charge is 2.23. The van der Waals surface area contributed by atoms with Gasteiger partial charge < -0.3 is 25.5 Å². The second kappa shape index (κ2) is 9.16. The summed E-state index contributed by atoms with van der Waals surface area (Å²) in [5.41, 5.74) is 3.51. The number of nitrogens with zero attached hydrogens (tertiary/aromatic N) is 4. The molecule has 1 saturated heterocycles. The Labute approximate surface area is 190 Å². The molecule has 10 nitrogen and oxygen atoms in total. The number of nitrogens with one attached hydrogen (secondary N) is 3. The molecule has 2 fully saturated rings. The molecule has 2 aliphatic rings. The number of hydrogen-bond donors (Lipinski definition) is 4. The van der Waals surface area contributed by atoms with Gasteiger partial charge in [0.05, 0.1) is 24.6 Å². The van der Waals surface area contributed by atoms with Crippen molar-refractivity contribution in [1.29, 1.82) is 0 Å². The van der Waals surface area contributed by atoms with Crippen molar-refractivity contribution in [2.24, 2.45) is 0 Å². The number of hydrogen-bond acceptors (Lipinski definition) is 7. The fourth-order valence-electron chi connectivity index (χ4n) is 3.94. The van der Waals surface area contributed by atoms with Gasteiger partial charge in [-0.05, 0) is 37.8 Å². The van der Waals surface area contributed by atoms with E-state index in [-0.39, 0.29) is 18.1 Å². The third-order valence-corrected chi connectivity index (χ3v) is 6.05. The monoisotopic (exact) mass is 449 g/mol. The van der Waals surface area contributed by atoms with Crippen molar-refractivity contribution < 1.29 is 14.6 Å². The van der Waals surface area contributed by atoms with Crippen LogP contribution in [0.1, 0.15) is 36.0 Å². The summed E-state index contributed by atoms with van der Waals surface area (Å²) in [6, 6.07) is 6.08. The molecular weight excluding hydrogens is 422 g/mol. The predicted octanol–water partition coefficient (Wildman–Crippen LogP) is 2.36. The van der Waals surface area contributed by atoms with E-state index in [1.807, 2.05) is 31.4 Å². The molecule has 1 saturated carbocycles. The van der Waals surface area contributed by atoms with Gasteiger partial charge in [0.2, 0.25) is 0 Å². The minimum atomic E-state index is -0.176. The molecule has 172 valence electrons.